The van der Waals surface area contributed by atoms with Gasteiger partial charge in [0.1, 0.15) is 5.75 Å². The van der Waals surface area contributed by atoms with Crippen molar-refractivity contribution in [1.29, 1.82) is 0 Å². The molecule has 0 unspecified atom stereocenters. The summed E-state index contributed by atoms with van der Waals surface area (Å²) in [5.74, 6) is 0.0875. The van der Waals surface area contributed by atoms with Crippen molar-refractivity contribution in [3.8, 4) is 5.75 Å². The highest BCUT2D eigenvalue weighted by atomic mass is 16.5. The van der Waals surface area contributed by atoms with Crippen molar-refractivity contribution in [2.45, 2.75) is 19.8 Å². The van der Waals surface area contributed by atoms with E-state index in [0.717, 1.165) is 18.4 Å². The van der Waals surface area contributed by atoms with Gasteiger partial charge in [-0.25, -0.2) is 9.86 Å². The number of rotatable bonds is 9. The van der Waals surface area contributed by atoms with Gasteiger partial charge in [-0.2, -0.15) is 0 Å². The third-order valence-corrected chi connectivity index (χ3v) is 2.96. The van der Waals surface area contributed by atoms with Crippen molar-refractivity contribution in [1.82, 2.24) is 10.4 Å². The third-order valence-electron chi connectivity index (χ3n) is 2.96. The number of para-hydroxylation sites is 1. The topological polar surface area (TPSA) is 105 Å². The van der Waals surface area contributed by atoms with Crippen LogP contribution in [0.2, 0.25) is 0 Å². The number of amides is 3. The van der Waals surface area contributed by atoms with E-state index in [-0.39, 0.29) is 13.1 Å². The highest BCUT2D eigenvalue weighted by Gasteiger charge is 2.07. The van der Waals surface area contributed by atoms with Gasteiger partial charge >= 0.3 is 6.03 Å². The third kappa shape index (κ3) is 7.32. The number of nitrogens with one attached hydrogen (secondary N) is 1. The van der Waals surface area contributed by atoms with Crippen molar-refractivity contribution in [3.63, 3.8) is 0 Å². The molecule has 0 saturated carbocycles. The van der Waals surface area contributed by atoms with Gasteiger partial charge in [0.2, 0.25) is 0 Å². The molecular formula is C16H23N3O4. The summed E-state index contributed by atoms with van der Waals surface area (Å²) in [6.07, 6.45) is 4.81. The number of hydrogen-bond donors (Lipinski definition) is 3. The lowest BCUT2D eigenvalue weighted by Crippen LogP contribution is -2.38. The molecule has 3 amide bonds. The first-order chi connectivity index (χ1) is 11.0. The molecule has 0 radical (unpaired) electrons. The summed E-state index contributed by atoms with van der Waals surface area (Å²) in [5.41, 5.74) is 5.64. The highest BCUT2D eigenvalue weighted by molar-refractivity contribution is 5.91. The molecule has 0 aromatic heterocycles. The van der Waals surface area contributed by atoms with Crippen molar-refractivity contribution < 1.29 is 19.5 Å². The lowest BCUT2D eigenvalue weighted by molar-refractivity contribution is -0.158. The molecule has 0 bridgehead atoms. The van der Waals surface area contributed by atoms with Gasteiger partial charge in [-0.3, -0.25) is 10.0 Å². The number of nitrogens with zero attached hydrogens (tertiary/aromatic N) is 1. The minimum absolute atomic E-state index is 0.0548. The number of benzene rings is 1. The van der Waals surface area contributed by atoms with Crippen LogP contribution in [0, 0.1) is 0 Å². The summed E-state index contributed by atoms with van der Waals surface area (Å²) in [7, 11) is 0. The molecule has 1 aromatic rings. The largest absolute Gasteiger partial charge is 0.493 e. The molecule has 0 saturated heterocycles. The second-order valence-corrected chi connectivity index (χ2v) is 4.83. The SMILES string of the molecule is CCCCOc1ccccc1C=CC(=O)N(O)CCNC(N)=O. The van der Waals surface area contributed by atoms with Crippen LogP contribution in [0.1, 0.15) is 25.3 Å². The molecule has 0 atom stereocenters. The molecule has 1 aromatic carbocycles. The number of ether oxygens (including phenoxy) is 1. The Bertz CT molecular complexity index is 546. The zero-order valence-corrected chi connectivity index (χ0v) is 13.2. The van der Waals surface area contributed by atoms with E-state index >= 15 is 0 Å². The average molecular weight is 321 g/mol. The molecule has 7 heteroatoms. The smallest absolute Gasteiger partial charge is 0.312 e. The van der Waals surface area contributed by atoms with Gasteiger partial charge in [0.05, 0.1) is 13.2 Å². The van der Waals surface area contributed by atoms with Gasteiger partial charge < -0.3 is 15.8 Å². The lowest BCUT2D eigenvalue weighted by atomic mass is 10.2. The Morgan fingerprint density at radius 3 is 2.83 bits per heavy atom. The lowest BCUT2D eigenvalue weighted by Gasteiger charge is -2.13. The van der Waals surface area contributed by atoms with Crippen LogP contribution in [-0.2, 0) is 4.79 Å². The van der Waals surface area contributed by atoms with E-state index in [2.05, 4.69) is 12.2 Å². The first-order valence-electron chi connectivity index (χ1n) is 7.48. The number of carbonyl (C=O) groups is 2. The van der Waals surface area contributed by atoms with Crippen molar-refractivity contribution in [2.24, 2.45) is 5.73 Å². The molecule has 0 fully saturated rings. The number of hydroxylamine groups is 2. The average Bonchev–Trinajstić information content (AvgIpc) is 2.53. The van der Waals surface area contributed by atoms with Crippen LogP contribution in [0.25, 0.3) is 6.08 Å². The second kappa shape index (κ2) is 10.2. The predicted molar refractivity (Wildman–Crippen MR) is 87.0 cm³/mol. The fourth-order valence-corrected chi connectivity index (χ4v) is 1.72. The molecule has 0 aliphatic rings. The van der Waals surface area contributed by atoms with Gasteiger partial charge in [0, 0.05) is 18.2 Å². The number of nitrogens with two attached hydrogens (primary N) is 1. The first-order valence-corrected chi connectivity index (χ1v) is 7.48. The van der Waals surface area contributed by atoms with E-state index in [1.165, 1.54) is 6.08 Å². The second-order valence-electron chi connectivity index (χ2n) is 4.83. The maximum atomic E-state index is 11.8. The molecule has 126 valence electrons. The van der Waals surface area contributed by atoms with Gasteiger partial charge in [-0.05, 0) is 18.6 Å². The van der Waals surface area contributed by atoms with Crippen LogP contribution in [0.3, 0.4) is 0 Å². The van der Waals surface area contributed by atoms with Gasteiger partial charge in [-0.1, -0.05) is 31.5 Å². The van der Waals surface area contributed by atoms with E-state index in [1.54, 1.807) is 6.08 Å². The van der Waals surface area contributed by atoms with Crippen LogP contribution in [0.5, 0.6) is 5.75 Å². The highest BCUT2D eigenvalue weighted by Crippen LogP contribution is 2.19. The first kappa shape index (κ1) is 18.5. The zero-order valence-electron chi connectivity index (χ0n) is 13.2. The van der Waals surface area contributed by atoms with Crippen LogP contribution >= 0.6 is 0 Å². The van der Waals surface area contributed by atoms with E-state index in [0.29, 0.717) is 17.4 Å². The van der Waals surface area contributed by atoms with Crippen molar-refractivity contribution in [3.05, 3.63) is 35.9 Å². The maximum Gasteiger partial charge on any atom is 0.312 e. The number of urea groups is 1. The Kier molecular flexibility index (Phi) is 8.23. The zero-order chi connectivity index (χ0) is 17.1. The van der Waals surface area contributed by atoms with Crippen LogP contribution < -0.4 is 15.8 Å². The number of hydrogen-bond acceptors (Lipinski definition) is 4. The Hall–Kier alpha value is -2.54. The molecule has 0 aliphatic heterocycles. The minimum Gasteiger partial charge on any atom is -0.493 e. The number of unbranched alkanes of at least 4 members (excludes halogenated alkanes) is 1. The number of primary amides is 1. The normalized spacial score (nSPS) is 10.5. The Labute approximate surface area is 135 Å². The van der Waals surface area contributed by atoms with Crippen LogP contribution in [0.15, 0.2) is 30.3 Å². The summed E-state index contributed by atoms with van der Waals surface area (Å²) in [6, 6.07) is 6.63. The van der Waals surface area contributed by atoms with Crippen LogP contribution in [0.4, 0.5) is 4.79 Å². The van der Waals surface area contributed by atoms with E-state index in [4.69, 9.17) is 10.5 Å². The molecule has 0 aliphatic carbocycles. The number of carbonyl (C=O) groups excluding carboxylic acids is 2. The van der Waals surface area contributed by atoms with E-state index < -0.39 is 11.9 Å². The predicted octanol–water partition coefficient (Wildman–Crippen LogP) is 1.76. The Morgan fingerprint density at radius 2 is 2.13 bits per heavy atom. The minimum atomic E-state index is -0.709. The summed E-state index contributed by atoms with van der Waals surface area (Å²) >= 11 is 0. The fourth-order valence-electron chi connectivity index (χ4n) is 1.72. The van der Waals surface area contributed by atoms with Crippen LogP contribution in [-0.4, -0.2) is 41.9 Å². The monoisotopic (exact) mass is 321 g/mol. The molecule has 23 heavy (non-hydrogen) atoms. The van der Waals surface area contributed by atoms with Gasteiger partial charge in [-0.15, -0.1) is 0 Å². The molecule has 0 spiro atoms. The summed E-state index contributed by atoms with van der Waals surface area (Å²) in [4.78, 5) is 22.3. The van der Waals surface area contributed by atoms with Gasteiger partial charge in [0.15, 0.2) is 0 Å². The summed E-state index contributed by atoms with van der Waals surface area (Å²) < 4.78 is 5.66. The Morgan fingerprint density at radius 1 is 1.39 bits per heavy atom. The maximum absolute atomic E-state index is 11.8. The molecular weight excluding hydrogens is 298 g/mol. The fraction of sp³-hybridized carbons (Fsp3) is 0.375. The van der Waals surface area contributed by atoms with Gasteiger partial charge in [0.25, 0.3) is 5.91 Å². The van der Waals surface area contributed by atoms with E-state index in [9.17, 15) is 14.8 Å². The van der Waals surface area contributed by atoms with E-state index in [1.807, 2.05) is 24.3 Å². The molecule has 4 N–H and O–H groups in total. The van der Waals surface area contributed by atoms with Crippen molar-refractivity contribution in [2.75, 3.05) is 19.7 Å². The standard InChI is InChI=1S/C16H23N3O4/c1-2-3-12-23-14-7-5-4-6-13(14)8-9-15(20)19(22)11-10-18-16(17)21/h4-9,22H,2-3,10-12H2,1H3,(H3,17,18,21). The molecule has 0 heterocycles. The summed E-state index contributed by atoms with van der Waals surface area (Å²) in [5, 5.41) is 12.4. The summed E-state index contributed by atoms with van der Waals surface area (Å²) in [6.45, 7) is 2.71. The molecule has 7 nitrogen and oxygen atoms in total. The van der Waals surface area contributed by atoms with Crippen molar-refractivity contribution >= 4 is 18.0 Å². The Balaban J connectivity index is 2.58. The quantitative estimate of drug-likeness (QED) is 0.279. The molecule has 1 rings (SSSR count).